The number of rotatable bonds is 5. The summed E-state index contributed by atoms with van der Waals surface area (Å²) < 4.78 is 5.49. The van der Waals surface area contributed by atoms with E-state index in [1.807, 2.05) is 25.2 Å². The lowest BCUT2D eigenvalue weighted by Gasteiger charge is -2.35. The van der Waals surface area contributed by atoms with Crippen LogP contribution in [0.1, 0.15) is 51.0 Å². The van der Waals surface area contributed by atoms with Crippen molar-refractivity contribution in [1.82, 2.24) is 10.2 Å². The van der Waals surface area contributed by atoms with Crippen molar-refractivity contribution >= 4 is 11.8 Å². The molecule has 1 saturated carbocycles. The van der Waals surface area contributed by atoms with Crippen molar-refractivity contribution in [3.63, 3.8) is 0 Å². The third kappa shape index (κ3) is 5.17. The molecule has 6 nitrogen and oxygen atoms in total. The van der Waals surface area contributed by atoms with Gasteiger partial charge in [-0.15, -0.1) is 0 Å². The molecule has 0 bridgehead atoms. The minimum atomic E-state index is -0.573. The van der Waals surface area contributed by atoms with Gasteiger partial charge in [-0.2, -0.15) is 0 Å². The maximum atomic E-state index is 13.0. The smallest absolute Gasteiger partial charge is 0.228 e. The van der Waals surface area contributed by atoms with E-state index < -0.39 is 6.10 Å². The van der Waals surface area contributed by atoms with Crippen LogP contribution in [0.4, 0.5) is 0 Å². The summed E-state index contributed by atoms with van der Waals surface area (Å²) >= 11 is 0. The molecule has 29 heavy (non-hydrogen) atoms. The van der Waals surface area contributed by atoms with Crippen LogP contribution in [-0.2, 0) is 19.7 Å². The zero-order valence-electron chi connectivity index (χ0n) is 17.6. The SMILES string of the molecule is CC(=O)NC[C@]1(c2ccccc2)CC[C@H](O)[C@@H](N(C)C(=O)[C@@H]2CCCOC2)CC1. The Morgan fingerprint density at radius 1 is 1.21 bits per heavy atom. The van der Waals surface area contributed by atoms with Crippen LogP contribution in [-0.4, -0.2) is 60.8 Å². The first-order valence-electron chi connectivity index (χ1n) is 10.8. The van der Waals surface area contributed by atoms with E-state index in [1.54, 1.807) is 4.90 Å². The van der Waals surface area contributed by atoms with Crippen LogP contribution < -0.4 is 5.32 Å². The number of amides is 2. The van der Waals surface area contributed by atoms with Crippen molar-refractivity contribution < 1.29 is 19.4 Å². The van der Waals surface area contributed by atoms with Gasteiger partial charge in [0.1, 0.15) is 0 Å². The summed E-state index contributed by atoms with van der Waals surface area (Å²) in [5.74, 6) is -0.0865. The van der Waals surface area contributed by atoms with Crippen molar-refractivity contribution in [3.8, 4) is 0 Å². The van der Waals surface area contributed by atoms with Gasteiger partial charge in [-0.3, -0.25) is 9.59 Å². The maximum absolute atomic E-state index is 13.0. The largest absolute Gasteiger partial charge is 0.391 e. The molecule has 1 aromatic carbocycles. The summed E-state index contributed by atoms with van der Waals surface area (Å²) in [5, 5.41) is 13.9. The third-order valence-corrected chi connectivity index (χ3v) is 6.70. The second kappa shape index (κ2) is 9.72. The summed E-state index contributed by atoms with van der Waals surface area (Å²) in [6.07, 6.45) is 4.05. The lowest BCUT2D eigenvalue weighted by molar-refractivity contribution is -0.143. The molecule has 1 aromatic rings. The summed E-state index contributed by atoms with van der Waals surface area (Å²) in [6, 6.07) is 10.0. The fourth-order valence-electron chi connectivity index (χ4n) is 4.85. The molecule has 0 unspecified atom stereocenters. The number of benzene rings is 1. The average Bonchev–Trinajstić information content (AvgIpc) is 2.92. The standard InChI is InChI=1S/C23H34N2O4/c1-17(26)24-16-23(19-8-4-3-5-9-19)12-10-20(21(27)11-13-23)25(2)22(28)18-7-6-14-29-15-18/h3-5,8-9,18,20-21,27H,6-7,10-16H2,1-2H3,(H,24,26)/t18-,20+,21+,23-/m1/s1. The van der Waals surface area contributed by atoms with Crippen LogP contribution >= 0.6 is 0 Å². The minimum absolute atomic E-state index is 0.0498. The first-order valence-corrected chi connectivity index (χ1v) is 10.8. The summed E-state index contributed by atoms with van der Waals surface area (Å²) in [7, 11) is 1.81. The van der Waals surface area contributed by atoms with E-state index in [9.17, 15) is 14.7 Å². The number of aliphatic hydroxyl groups excluding tert-OH is 1. The third-order valence-electron chi connectivity index (χ3n) is 6.70. The van der Waals surface area contributed by atoms with Gasteiger partial charge >= 0.3 is 0 Å². The van der Waals surface area contributed by atoms with Crippen LogP contribution in [0, 0.1) is 5.92 Å². The maximum Gasteiger partial charge on any atom is 0.228 e. The van der Waals surface area contributed by atoms with Crippen molar-refractivity contribution in [1.29, 1.82) is 0 Å². The molecule has 4 atom stereocenters. The van der Waals surface area contributed by atoms with Crippen molar-refractivity contribution in [2.45, 2.75) is 63.0 Å². The van der Waals surface area contributed by atoms with Gasteiger partial charge in [0.25, 0.3) is 0 Å². The van der Waals surface area contributed by atoms with E-state index in [2.05, 4.69) is 17.4 Å². The van der Waals surface area contributed by atoms with Gasteiger partial charge < -0.3 is 20.1 Å². The number of nitrogens with one attached hydrogen (secondary N) is 1. The first-order chi connectivity index (χ1) is 13.9. The van der Waals surface area contributed by atoms with Gasteiger partial charge in [-0.25, -0.2) is 0 Å². The van der Waals surface area contributed by atoms with Gasteiger partial charge in [0.2, 0.25) is 11.8 Å². The topological polar surface area (TPSA) is 78.9 Å². The number of carbonyl (C=O) groups excluding carboxylic acids is 2. The van der Waals surface area contributed by atoms with Crippen LogP contribution in [0.2, 0.25) is 0 Å². The number of likely N-dealkylation sites (N-methyl/N-ethyl adjacent to an activating group) is 1. The molecule has 6 heteroatoms. The zero-order valence-corrected chi connectivity index (χ0v) is 17.6. The number of hydrogen-bond acceptors (Lipinski definition) is 4. The predicted molar refractivity (Wildman–Crippen MR) is 111 cm³/mol. The molecule has 0 radical (unpaired) electrons. The first kappa shape index (κ1) is 21.8. The Hall–Kier alpha value is -1.92. The van der Waals surface area contributed by atoms with Crippen LogP contribution in [0.3, 0.4) is 0 Å². The van der Waals surface area contributed by atoms with E-state index >= 15 is 0 Å². The van der Waals surface area contributed by atoms with Crippen LogP contribution in [0.15, 0.2) is 30.3 Å². The van der Waals surface area contributed by atoms with Gasteiger partial charge in [-0.05, 0) is 44.1 Å². The Morgan fingerprint density at radius 3 is 2.59 bits per heavy atom. The predicted octanol–water partition coefficient (Wildman–Crippen LogP) is 2.25. The second-order valence-corrected chi connectivity index (χ2v) is 8.63. The second-order valence-electron chi connectivity index (χ2n) is 8.63. The summed E-state index contributed by atoms with van der Waals surface area (Å²) in [4.78, 5) is 26.4. The Kier molecular flexibility index (Phi) is 7.30. The highest BCUT2D eigenvalue weighted by molar-refractivity contribution is 5.79. The molecule has 1 heterocycles. The van der Waals surface area contributed by atoms with E-state index in [0.717, 1.165) is 32.3 Å². The summed E-state index contributed by atoms with van der Waals surface area (Å²) in [6.45, 7) is 3.27. The lowest BCUT2D eigenvalue weighted by atomic mass is 9.74. The molecule has 1 aliphatic carbocycles. The monoisotopic (exact) mass is 402 g/mol. The molecule has 2 N–H and O–H groups in total. The Bertz CT molecular complexity index is 689. The molecular weight excluding hydrogens is 368 g/mol. The van der Waals surface area contributed by atoms with Gasteiger partial charge in [0.05, 0.1) is 24.7 Å². The van der Waals surface area contributed by atoms with Crippen molar-refractivity contribution in [2.24, 2.45) is 5.92 Å². The molecule has 1 saturated heterocycles. The highest BCUT2D eigenvalue weighted by atomic mass is 16.5. The number of ether oxygens (including phenoxy) is 1. The summed E-state index contributed by atoms with van der Waals surface area (Å²) in [5.41, 5.74) is 0.941. The van der Waals surface area contributed by atoms with Gasteiger partial charge in [0.15, 0.2) is 0 Å². The highest BCUT2D eigenvalue weighted by Gasteiger charge is 2.40. The van der Waals surface area contributed by atoms with Gasteiger partial charge in [-0.1, -0.05) is 30.3 Å². The van der Waals surface area contributed by atoms with Crippen molar-refractivity contribution in [3.05, 3.63) is 35.9 Å². The lowest BCUT2D eigenvalue weighted by Crippen LogP contribution is -2.48. The highest BCUT2D eigenvalue weighted by Crippen LogP contribution is 2.39. The molecule has 1 aliphatic heterocycles. The molecule has 160 valence electrons. The molecule has 2 aliphatic rings. The number of nitrogens with zero attached hydrogens (tertiary/aromatic N) is 1. The minimum Gasteiger partial charge on any atom is -0.391 e. The quantitative estimate of drug-likeness (QED) is 0.741. The zero-order chi connectivity index (χ0) is 20.9. The number of carbonyl (C=O) groups is 2. The fourth-order valence-corrected chi connectivity index (χ4v) is 4.85. The van der Waals surface area contributed by atoms with E-state index in [1.165, 1.54) is 12.5 Å². The van der Waals surface area contributed by atoms with Crippen LogP contribution in [0.25, 0.3) is 0 Å². The Morgan fingerprint density at radius 2 is 1.93 bits per heavy atom. The Balaban J connectivity index is 1.77. The molecule has 2 fully saturated rings. The van der Waals surface area contributed by atoms with Crippen LogP contribution in [0.5, 0.6) is 0 Å². The number of aliphatic hydroxyl groups is 1. The van der Waals surface area contributed by atoms with Crippen molar-refractivity contribution in [2.75, 3.05) is 26.8 Å². The molecule has 3 rings (SSSR count). The van der Waals surface area contributed by atoms with E-state index in [4.69, 9.17) is 4.74 Å². The molecule has 0 spiro atoms. The molecule has 2 amide bonds. The van der Waals surface area contributed by atoms with E-state index in [-0.39, 0.29) is 29.2 Å². The number of hydrogen-bond donors (Lipinski definition) is 2. The van der Waals surface area contributed by atoms with Gasteiger partial charge in [0, 0.05) is 32.5 Å². The fraction of sp³-hybridized carbons (Fsp3) is 0.652. The molecular formula is C23H34N2O4. The molecule has 0 aromatic heterocycles. The average molecular weight is 403 g/mol. The normalized spacial score (nSPS) is 30.2. The Labute approximate surface area is 173 Å². The van der Waals surface area contributed by atoms with E-state index in [0.29, 0.717) is 26.0 Å².